The van der Waals surface area contributed by atoms with E-state index in [0.717, 1.165) is 29.0 Å². The molecule has 0 radical (unpaired) electrons. The van der Waals surface area contributed by atoms with Crippen molar-refractivity contribution in [1.82, 2.24) is 0 Å². The van der Waals surface area contributed by atoms with Crippen molar-refractivity contribution in [3.05, 3.63) is 34.3 Å². The fraction of sp³-hybridized carbons (Fsp3) is 0.538. The Morgan fingerprint density at radius 3 is 2.71 bits per heavy atom. The molecule has 94 valence electrons. The molecular formula is C13H18ClNO2. The zero-order valence-electron chi connectivity index (χ0n) is 10.0. The van der Waals surface area contributed by atoms with Crippen LogP contribution in [0.5, 0.6) is 0 Å². The summed E-state index contributed by atoms with van der Waals surface area (Å²) in [5.41, 5.74) is 7.77. The highest BCUT2D eigenvalue weighted by Gasteiger charge is 2.28. The fourth-order valence-electron chi connectivity index (χ4n) is 1.94. The van der Waals surface area contributed by atoms with Crippen LogP contribution in [0.4, 0.5) is 0 Å². The smallest absolute Gasteiger partial charge is 0.166 e. The van der Waals surface area contributed by atoms with E-state index in [9.17, 15) is 0 Å². The predicted molar refractivity (Wildman–Crippen MR) is 67.7 cm³/mol. The zero-order valence-corrected chi connectivity index (χ0v) is 10.8. The molecule has 0 aromatic heterocycles. The molecule has 2 rings (SSSR count). The molecule has 0 saturated carbocycles. The van der Waals surface area contributed by atoms with Crippen LogP contribution >= 0.6 is 11.6 Å². The van der Waals surface area contributed by atoms with Gasteiger partial charge in [0.15, 0.2) is 5.79 Å². The molecule has 0 fully saturated rings. The first-order chi connectivity index (χ1) is 8.13. The number of nitrogens with two attached hydrogens (primary N) is 1. The van der Waals surface area contributed by atoms with Crippen LogP contribution in [0.2, 0.25) is 5.02 Å². The lowest BCUT2D eigenvalue weighted by atomic mass is 10.1. The van der Waals surface area contributed by atoms with Gasteiger partial charge < -0.3 is 15.2 Å². The van der Waals surface area contributed by atoms with Crippen molar-refractivity contribution in [3.8, 4) is 0 Å². The molecular weight excluding hydrogens is 238 g/mol. The van der Waals surface area contributed by atoms with Gasteiger partial charge in [-0.25, -0.2) is 0 Å². The summed E-state index contributed by atoms with van der Waals surface area (Å²) in [7, 11) is 0. The summed E-state index contributed by atoms with van der Waals surface area (Å²) in [6, 6.07) is 5.82. The van der Waals surface area contributed by atoms with Gasteiger partial charge in [0.2, 0.25) is 0 Å². The monoisotopic (exact) mass is 255 g/mol. The highest BCUT2D eigenvalue weighted by Crippen LogP contribution is 2.29. The van der Waals surface area contributed by atoms with E-state index in [1.165, 1.54) is 0 Å². The summed E-state index contributed by atoms with van der Waals surface area (Å²) in [4.78, 5) is 0. The highest BCUT2D eigenvalue weighted by atomic mass is 35.5. The maximum atomic E-state index is 5.97. The van der Waals surface area contributed by atoms with Gasteiger partial charge in [0.1, 0.15) is 0 Å². The maximum absolute atomic E-state index is 5.97. The third-order valence-electron chi connectivity index (χ3n) is 3.07. The lowest BCUT2D eigenvalue weighted by Crippen LogP contribution is -2.31. The van der Waals surface area contributed by atoms with Crippen molar-refractivity contribution >= 4 is 11.6 Å². The van der Waals surface area contributed by atoms with Crippen LogP contribution in [0.15, 0.2) is 18.2 Å². The average molecular weight is 256 g/mol. The summed E-state index contributed by atoms with van der Waals surface area (Å²) in [5.74, 6) is -0.537. The van der Waals surface area contributed by atoms with Crippen LogP contribution < -0.4 is 5.73 Å². The van der Waals surface area contributed by atoms with E-state index in [-0.39, 0.29) is 0 Å². The second-order valence-corrected chi connectivity index (χ2v) is 4.95. The SMILES string of the molecule is CC1(CCCN)OCc2ccc(Cl)cc2CO1. The van der Waals surface area contributed by atoms with Crippen molar-refractivity contribution < 1.29 is 9.47 Å². The van der Waals surface area contributed by atoms with E-state index in [1.54, 1.807) is 0 Å². The normalized spacial score (nSPS) is 24.2. The number of ether oxygens (including phenoxy) is 2. The first-order valence-corrected chi connectivity index (χ1v) is 6.26. The molecule has 1 unspecified atom stereocenters. The lowest BCUT2D eigenvalue weighted by molar-refractivity contribution is -0.236. The summed E-state index contributed by atoms with van der Waals surface area (Å²) in [6.45, 7) is 3.72. The second-order valence-electron chi connectivity index (χ2n) is 4.52. The molecule has 1 aliphatic rings. The molecule has 0 aliphatic carbocycles. The third kappa shape index (κ3) is 3.19. The van der Waals surface area contributed by atoms with Gasteiger partial charge in [-0.3, -0.25) is 0 Å². The summed E-state index contributed by atoms with van der Waals surface area (Å²) in [6.07, 6.45) is 1.71. The van der Waals surface area contributed by atoms with E-state index in [0.29, 0.717) is 19.8 Å². The second kappa shape index (κ2) is 5.36. The number of rotatable bonds is 3. The topological polar surface area (TPSA) is 44.5 Å². The van der Waals surface area contributed by atoms with Crippen LogP contribution in [0.3, 0.4) is 0 Å². The summed E-state index contributed by atoms with van der Waals surface area (Å²) in [5, 5.41) is 0.734. The Kier molecular flexibility index (Phi) is 4.05. The van der Waals surface area contributed by atoms with E-state index in [1.807, 2.05) is 25.1 Å². The molecule has 4 heteroatoms. The van der Waals surface area contributed by atoms with Gasteiger partial charge >= 0.3 is 0 Å². The van der Waals surface area contributed by atoms with Crippen molar-refractivity contribution in [2.45, 2.75) is 38.8 Å². The van der Waals surface area contributed by atoms with E-state index < -0.39 is 5.79 Å². The first-order valence-electron chi connectivity index (χ1n) is 5.88. The minimum Gasteiger partial charge on any atom is -0.346 e. The molecule has 0 bridgehead atoms. The average Bonchev–Trinajstić information content (AvgIpc) is 2.48. The molecule has 1 heterocycles. The Bertz CT molecular complexity index is 397. The molecule has 1 aromatic carbocycles. The molecule has 17 heavy (non-hydrogen) atoms. The Hall–Kier alpha value is -0.610. The molecule has 0 saturated heterocycles. The number of hydrogen-bond donors (Lipinski definition) is 1. The van der Waals surface area contributed by atoms with Crippen molar-refractivity contribution in [2.24, 2.45) is 5.73 Å². The summed E-state index contributed by atoms with van der Waals surface area (Å²) >= 11 is 5.97. The van der Waals surface area contributed by atoms with Crippen LogP contribution in [0.25, 0.3) is 0 Å². The van der Waals surface area contributed by atoms with Crippen LogP contribution in [0, 0.1) is 0 Å². The van der Waals surface area contributed by atoms with E-state index in [4.69, 9.17) is 26.8 Å². The van der Waals surface area contributed by atoms with Gasteiger partial charge in [-0.05, 0) is 43.1 Å². The van der Waals surface area contributed by atoms with Crippen molar-refractivity contribution in [2.75, 3.05) is 6.54 Å². The molecule has 2 N–H and O–H groups in total. The number of hydrogen-bond acceptors (Lipinski definition) is 3. The van der Waals surface area contributed by atoms with Gasteiger partial charge in [-0.2, -0.15) is 0 Å². The minimum atomic E-state index is -0.537. The minimum absolute atomic E-state index is 0.537. The van der Waals surface area contributed by atoms with Crippen LogP contribution in [-0.2, 0) is 22.7 Å². The third-order valence-corrected chi connectivity index (χ3v) is 3.30. The predicted octanol–water partition coefficient (Wildman–Crippen LogP) is 2.84. The highest BCUT2D eigenvalue weighted by molar-refractivity contribution is 6.30. The number of benzene rings is 1. The largest absolute Gasteiger partial charge is 0.346 e. The van der Waals surface area contributed by atoms with Crippen molar-refractivity contribution in [1.29, 1.82) is 0 Å². The van der Waals surface area contributed by atoms with E-state index in [2.05, 4.69) is 0 Å². The lowest BCUT2D eigenvalue weighted by Gasteiger charge is -2.27. The van der Waals surface area contributed by atoms with Gasteiger partial charge in [-0.15, -0.1) is 0 Å². The molecule has 1 aliphatic heterocycles. The van der Waals surface area contributed by atoms with Gasteiger partial charge in [-0.1, -0.05) is 17.7 Å². The van der Waals surface area contributed by atoms with Crippen LogP contribution in [0.1, 0.15) is 30.9 Å². The fourth-order valence-corrected chi connectivity index (χ4v) is 2.13. The Morgan fingerprint density at radius 1 is 1.29 bits per heavy atom. The Labute approximate surface area is 107 Å². The van der Waals surface area contributed by atoms with Gasteiger partial charge in [0, 0.05) is 11.4 Å². The van der Waals surface area contributed by atoms with Gasteiger partial charge in [0.05, 0.1) is 13.2 Å². The van der Waals surface area contributed by atoms with Gasteiger partial charge in [0.25, 0.3) is 0 Å². The zero-order chi connectivity index (χ0) is 12.3. The van der Waals surface area contributed by atoms with E-state index >= 15 is 0 Å². The Morgan fingerprint density at radius 2 is 2.00 bits per heavy atom. The molecule has 1 aromatic rings. The standard InChI is InChI=1S/C13H18ClNO2/c1-13(5-2-6-15)16-8-10-3-4-12(14)7-11(10)9-17-13/h3-4,7H,2,5-6,8-9,15H2,1H3. The molecule has 1 atom stereocenters. The Balaban J connectivity index is 2.10. The quantitative estimate of drug-likeness (QED) is 0.903. The maximum Gasteiger partial charge on any atom is 0.166 e. The first kappa shape index (κ1) is 12.8. The van der Waals surface area contributed by atoms with Crippen molar-refractivity contribution in [3.63, 3.8) is 0 Å². The number of halogens is 1. The number of fused-ring (bicyclic) bond motifs is 1. The molecule has 3 nitrogen and oxygen atoms in total. The summed E-state index contributed by atoms with van der Waals surface area (Å²) < 4.78 is 11.7. The molecule has 0 amide bonds. The van der Waals surface area contributed by atoms with Crippen LogP contribution in [-0.4, -0.2) is 12.3 Å². The molecule has 0 spiro atoms.